The second kappa shape index (κ2) is 6.23. The van der Waals surface area contributed by atoms with Gasteiger partial charge in [-0.05, 0) is 6.07 Å². The lowest BCUT2D eigenvalue weighted by Crippen LogP contribution is -2.20. The van der Waals surface area contributed by atoms with Crippen LogP contribution in [0.2, 0.25) is 0 Å². The van der Waals surface area contributed by atoms with Gasteiger partial charge < -0.3 is 14.3 Å². The van der Waals surface area contributed by atoms with Crippen molar-refractivity contribution in [3.05, 3.63) is 28.0 Å². The van der Waals surface area contributed by atoms with Gasteiger partial charge in [-0.25, -0.2) is 10.2 Å². The van der Waals surface area contributed by atoms with E-state index in [2.05, 4.69) is 9.84 Å². The van der Waals surface area contributed by atoms with Crippen molar-refractivity contribution >= 4 is 18.2 Å². The Labute approximate surface area is 94.8 Å². The normalized spacial score (nSPS) is 10.4. The molecule has 9 nitrogen and oxygen atoms in total. The molecule has 1 aromatic heterocycles. The summed E-state index contributed by atoms with van der Waals surface area (Å²) in [5.41, 5.74) is 1.97. The molecule has 1 amide bonds. The summed E-state index contributed by atoms with van der Waals surface area (Å²) in [4.78, 5) is 20.4. The van der Waals surface area contributed by atoms with E-state index >= 15 is 0 Å². The van der Waals surface area contributed by atoms with Crippen molar-refractivity contribution in [3.63, 3.8) is 0 Å². The number of carbonyl (C=O) groups excluding carboxylic acids is 1. The Morgan fingerprint density at radius 3 is 3.06 bits per heavy atom. The maximum absolute atomic E-state index is 10.8. The molecule has 0 atom stereocenters. The highest BCUT2D eigenvalue weighted by Crippen LogP contribution is 2.13. The van der Waals surface area contributed by atoms with E-state index in [1.165, 1.54) is 6.07 Å². The molecule has 0 saturated heterocycles. The van der Waals surface area contributed by atoms with Gasteiger partial charge in [0.05, 0.1) is 18.9 Å². The van der Waals surface area contributed by atoms with Gasteiger partial charge in [-0.3, -0.25) is 10.1 Å². The first-order valence-electron chi connectivity index (χ1n) is 4.44. The summed E-state index contributed by atoms with van der Waals surface area (Å²) in [6.45, 7) is -0.435. The Bertz CT molecular complexity index is 427. The van der Waals surface area contributed by atoms with E-state index in [1.54, 1.807) is 0 Å². The number of hydrogen-bond donors (Lipinski definition) is 2. The fourth-order valence-electron chi connectivity index (χ4n) is 0.829. The van der Waals surface area contributed by atoms with Gasteiger partial charge in [-0.1, -0.05) is 0 Å². The Morgan fingerprint density at radius 2 is 2.47 bits per heavy atom. The monoisotopic (exact) mass is 243 g/mol. The summed E-state index contributed by atoms with van der Waals surface area (Å²) < 4.78 is 9.15. The first-order valence-corrected chi connectivity index (χ1v) is 4.44. The minimum absolute atomic E-state index is 0.110. The highest BCUT2D eigenvalue weighted by atomic mass is 16.6. The lowest BCUT2D eigenvalue weighted by molar-refractivity contribution is -0.402. The third kappa shape index (κ3) is 4.30. The van der Waals surface area contributed by atoms with E-state index in [0.29, 0.717) is 0 Å². The van der Waals surface area contributed by atoms with Crippen LogP contribution in [0, 0.1) is 10.1 Å². The number of hydrazone groups is 1. The molecule has 2 N–H and O–H groups in total. The van der Waals surface area contributed by atoms with Gasteiger partial charge in [0.15, 0.2) is 5.76 Å². The zero-order chi connectivity index (χ0) is 12.7. The molecular weight excluding hydrogens is 234 g/mol. The molecule has 0 saturated carbocycles. The fourth-order valence-corrected chi connectivity index (χ4v) is 0.829. The maximum Gasteiger partial charge on any atom is 0.433 e. The molecular formula is C8H9N3O6. The first-order chi connectivity index (χ1) is 8.13. The van der Waals surface area contributed by atoms with Gasteiger partial charge in [-0.2, -0.15) is 5.10 Å². The molecule has 0 aliphatic heterocycles. The van der Waals surface area contributed by atoms with Crippen molar-refractivity contribution in [3.8, 4) is 0 Å². The van der Waals surface area contributed by atoms with E-state index in [-0.39, 0.29) is 19.0 Å². The molecule has 0 aliphatic rings. The van der Waals surface area contributed by atoms with Crippen molar-refractivity contribution in [2.24, 2.45) is 5.10 Å². The fraction of sp³-hybridized carbons (Fsp3) is 0.250. The second-order valence-electron chi connectivity index (χ2n) is 2.66. The number of aliphatic hydroxyl groups excluding tert-OH is 1. The number of aliphatic hydroxyl groups is 1. The maximum atomic E-state index is 10.8. The average Bonchev–Trinajstić information content (AvgIpc) is 2.75. The molecule has 1 rings (SSSR count). The molecule has 0 aromatic carbocycles. The molecule has 1 aromatic rings. The first kappa shape index (κ1) is 12.6. The van der Waals surface area contributed by atoms with Gasteiger partial charge in [-0.15, -0.1) is 0 Å². The molecule has 0 radical (unpaired) electrons. The van der Waals surface area contributed by atoms with Crippen LogP contribution >= 0.6 is 0 Å². The smallest absolute Gasteiger partial charge is 0.433 e. The molecule has 0 aliphatic carbocycles. The van der Waals surface area contributed by atoms with E-state index < -0.39 is 16.9 Å². The number of furan rings is 1. The molecule has 92 valence electrons. The zero-order valence-corrected chi connectivity index (χ0v) is 8.53. The topological polar surface area (TPSA) is 127 Å². The van der Waals surface area contributed by atoms with E-state index in [9.17, 15) is 14.9 Å². The predicted molar refractivity (Wildman–Crippen MR) is 54.5 cm³/mol. The van der Waals surface area contributed by atoms with E-state index in [4.69, 9.17) is 9.52 Å². The van der Waals surface area contributed by atoms with Crippen LogP contribution in [0.25, 0.3) is 0 Å². The summed E-state index contributed by atoms with van der Waals surface area (Å²) in [5, 5.41) is 22.0. The molecule has 9 heteroatoms. The minimum Gasteiger partial charge on any atom is -0.446 e. The minimum atomic E-state index is -0.851. The second-order valence-corrected chi connectivity index (χ2v) is 2.66. The zero-order valence-electron chi connectivity index (χ0n) is 8.53. The van der Waals surface area contributed by atoms with Crippen LogP contribution in [0.15, 0.2) is 21.7 Å². The Morgan fingerprint density at radius 1 is 1.71 bits per heavy atom. The van der Waals surface area contributed by atoms with E-state index in [0.717, 1.165) is 12.3 Å². The summed E-state index contributed by atoms with van der Waals surface area (Å²) >= 11 is 0. The van der Waals surface area contributed by atoms with Crippen LogP contribution in [0.3, 0.4) is 0 Å². The quantitative estimate of drug-likeness (QED) is 0.433. The molecule has 0 unspecified atom stereocenters. The number of nitrogens with one attached hydrogen (secondary N) is 1. The Kier molecular flexibility index (Phi) is 4.63. The Hall–Kier alpha value is -2.42. The van der Waals surface area contributed by atoms with Crippen LogP contribution in [0.5, 0.6) is 0 Å². The summed E-state index contributed by atoms with van der Waals surface area (Å²) in [5.74, 6) is -0.312. The third-order valence-electron chi connectivity index (χ3n) is 1.46. The van der Waals surface area contributed by atoms with Crippen molar-refractivity contribution < 1.29 is 24.0 Å². The van der Waals surface area contributed by atoms with Crippen LogP contribution in [0.1, 0.15) is 5.76 Å². The summed E-state index contributed by atoms with van der Waals surface area (Å²) in [6.07, 6.45) is 0.226. The summed E-state index contributed by atoms with van der Waals surface area (Å²) in [6, 6.07) is 2.48. The number of nitrogens with zero attached hydrogens (tertiary/aromatic N) is 2. The number of carbonyl (C=O) groups is 1. The van der Waals surface area contributed by atoms with Crippen LogP contribution in [0.4, 0.5) is 10.7 Å². The number of rotatable bonds is 5. The van der Waals surface area contributed by atoms with Crippen molar-refractivity contribution in [1.82, 2.24) is 5.43 Å². The highest BCUT2D eigenvalue weighted by molar-refractivity contribution is 5.78. The van der Waals surface area contributed by atoms with Crippen molar-refractivity contribution in [2.75, 3.05) is 13.2 Å². The number of hydrogen-bond acceptors (Lipinski definition) is 7. The molecule has 1 heterocycles. The number of amides is 1. The molecule has 0 spiro atoms. The van der Waals surface area contributed by atoms with Crippen molar-refractivity contribution in [2.45, 2.75) is 0 Å². The third-order valence-corrected chi connectivity index (χ3v) is 1.46. The van der Waals surface area contributed by atoms with Gasteiger partial charge in [0.2, 0.25) is 0 Å². The predicted octanol–water partition coefficient (Wildman–Crippen LogP) is 0.240. The van der Waals surface area contributed by atoms with Gasteiger partial charge in [0.1, 0.15) is 11.5 Å². The molecule has 0 bridgehead atoms. The van der Waals surface area contributed by atoms with Crippen LogP contribution in [-0.4, -0.2) is 35.6 Å². The SMILES string of the molecule is O=C(N/N=C\c1ccc([N+](=O)[O-])o1)OCCO. The summed E-state index contributed by atoms with van der Waals surface area (Å²) in [7, 11) is 0. The van der Waals surface area contributed by atoms with E-state index in [1.807, 2.05) is 5.43 Å². The van der Waals surface area contributed by atoms with Gasteiger partial charge >= 0.3 is 12.0 Å². The van der Waals surface area contributed by atoms with Crippen molar-refractivity contribution in [1.29, 1.82) is 0 Å². The van der Waals surface area contributed by atoms with Crippen LogP contribution in [-0.2, 0) is 4.74 Å². The van der Waals surface area contributed by atoms with Gasteiger partial charge in [0.25, 0.3) is 0 Å². The van der Waals surface area contributed by atoms with Gasteiger partial charge in [0, 0.05) is 0 Å². The number of ether oxygens (including phenoxy) is 1. The average molecular weight is 243 g/mol. The molecule has 17 heavy (non-hydrogen) atoms. The lowest BCUT2D eigenvalue weighted by Gasteiger charge is -1.99. The largest absolute Gasteiger partial charge is 0.446 e. The highest BCUT2D eigenvalue weighted by Gasteiger charge is 2.10. The molecule has 0 fully saturated rings. The Balaban J connectivity index is 2.42. The number of nitro groups is 1. The van der Waals surface area contributed by atoms with Crippen LogP contribution < -0.4 is 5.43 Å². The standard InChI is InChI=1S/C8H9N3O6/c12-3-4-16-8(13)10-9-5-6-1-2-7(17-6)11(14)15/h1-2,5,12H,3-4H2,(H,10,13)/b9-5-. The lowest BCUT2D eigenvalue weighted by atomic mass is 10.5.